The van der Waals surface area contributed by atoms with Crippen LogP contribution in [0.4, 0.5) is 10.2 Å². The first-order chi connectivity index (χ1) is 16.9. The lowest BCUT2D eigenvalue weighted by Crippen LogP contribution is -2.23. The second-order valence-corrected chi connectivity index (χ2v) is 10.5. The lowest BCUT2D eigenvalue weighted by atomic mass is 10.1. The average molecular weight is 523 g/mol. The topological polar surface area (TPSA) is 132 Å². The van der Waals surface area contributed by atoms with E-state index in [4.69, 9.17) is 15.6 Å². The molecule has 5 rings (SSSR count). The number of anilines is 1. The molecule has 35 heavy (non-hydrogen) atoms. The van der Waals surface area contributed by atoms with Crippen LogP contribution in [0.3, 0.4) is 0 Å². The number of rotatable bonds is 8. The summed E-state index contributed by atoms with van der Waals surface area (Å²) in [7, 11) is 2.39. The maximum Gasteiger partial charge on any atom is 0.191 e. The summed E-state index contributed by atoms with van der Waals surface area (Å²) in [5.74, 6) is 1.78. The van der Waals surface area contributed by atoms with Gasteiger partial charge in [0.25, 0.3) is 0 Å². The van der Waals surface area contributed by atoms with Crippen LogP contribution in [0.1, 0.15) is 56.6 Å². The largest absolute Gasteiger partial charge is 0.394 e. The third kappa shape index (κ3) is 6.46. The molecule has 0 aliphatic heterocycles. The van der Waals surface area contributed by atoms with Crippen LogP contribution in [0.15, 0.2) is 23.4 Å². The van der Waals surface area contributed by atoms with E-state index in [1.165, 1.54) is 12.8 Å². The van der Waals surface area contributed by atoms with E-state index in [1.807, 2.05) is 12.1 Å². The number of ether oxygens (including phenoxy) is 1. The van der Waals surface area contributed by atoms with E-state index in [-0.39, 0.29) is 31.2 Å². The van der Waals surface area contributed by atoms with Crippen molar-refractivity contribution in [3.05, 3.63) is 29.6 Å². The van der Waals surface area contributed by atoms with E-state index in [2.05, 4.69) is 36.4 Å². The molecule has 4 N–H and O–H groups in total. The minimum absolute atomic E-state index is 0.0675. The normalized spacial score (nSPS) is 21.8. The number of aromatic nitrogens is 5. The van der Waals surface area contributed by atoms with Crippen LogP contribution in [-0.4, -0.2) is 66.3 Å². The quantitative estimate of drug-likeness (QED) is 0.232. The molecule has 12 heteroatoms. The molecule has 3 aromatic rings. The fourth-order valence-electron chi connectivity index (χ4n) is 4.08. The van der Waals surface area contributed by atoms with Crippen molar-refractivity contribution in [2.24, 2.45) is 0 Å². The van der Waals surface area contributed by atoms with Gasteiger partial charge in [-0.15, -0.1) is 14.3 Å². The van der Waals surface area contributed by atoms with Crippen LogP contribution in [0.5, 0.6) is 0 Å². The van der Waals surface area contributed by atoms with Gasteiger partial charge < -0.3 is 20.7 Å². The Balaban J connectivity index is 0.000000218. The second kappa shape index (κ2) is 11.9. The number of nitrogen functional groups attached to an aromatic ring is 1. The maximum atomic E-state index is 12.9. The van der Waals surface area contributed by atoms with Crippen molar-refractivity contribution in [1.82, 2.24) is 25.0 Å². The molecule has 2 fully saturated rings. The van der Waals surface area contributed by atoms with Gasteiger partial charge in [0.2, 0.25) is 0 Å². The number of aliphatic hydroxyl groups excluding tert-OH is 2. The van der Waals surface area contributed by atoms with Crippen molar-refractivity contribution >= 4 is 43.3 Å². The predicted molar refractivity (Wildman–Crippen MR) is 137 cm³/mol. The first-order valence-corrected chi connectivity index (χ1v) is 13.4. The van der Waals surface area contributed by atoms with Crippen LogP contribution >= 0.6 is 21.0 Å². The highest BCUT2D eigenvalue weighted by atomic mass is 32.2. The van der Waals surface area contributed by atoms with Crippen molar-refractivity contribution in [2.75, 3.05) is 24.7 Å². The number of hydrogen-bond acceptors (Lipinski definition) is 9. The Morgan fingerprint density at radius 1 is 1.29 bits per heavy atom. The van der Waals surface area contributed by atoms with Crippen molar-refractivity contribution in [3.8, 4) is 0 Å². The van der Waals surface area contributed by atoms with E-state index >= 15 is 0 Å². The highest BCUT2D eigenvalue weighted by Crippen LogP contribution is 2.40. The standard InChI is InChI=1S/C14H22N6O3S.C9H10FP/c1-2-5-24-14-16-12(15)11-13(17-14)20(19-18-11)8-6-9(22)10(7-8)23-4-3-21;10-8-5-7(6-1-2-6)3-4-9(8)11/h8-10,21-22H,2-7H2,1H3,(H2,15,16,17);3-6H,1-2,11H2/t8-,9-,10-;/m0./s1. The summed E-state index contributed by atoms with van der Waals surface area (Å²) in [6.07, 6.45) is 3.63. The molecule has 2 aliphatic carbocycles. The SMILES string of the molecule is CCCSc1nc(N)c2nnn([C@@H]3C[C@H](OCCO)[C@@H](O)C3)c2n1.Fc1cc(C2CC2)ccc1P. The van der Waals surface area contributed by atoms with E-state index < -0.39 is 6.10 Å². The number of aliphatic hydroxyl groups is 2. The molecule has 9 nitrogen and oxygen atoms in total. The van der Waals surface area contributed by atoms with E-state index in [0.29, 0.717) is 46.2 Å². The first-order valence-electron chi connectivity index (χ1n) is 11.9. The Morgan fingerprint density at radius 2 is 2.09 bits per heavy atom. The Kier molecular flexibility index (Phi) is 8.88. The van der Waals surface area contributed by atoms with Gasteiger partial charge in [-0.2, -0.15) is 0 Å². The lowest BCUT2D eigenvalue weighted by molar-refractivity contribution is -0.0303. The van der Waals surface area contributed by atoms with Gasteiger partial charge >= 0.3 is 0 Å². The molecule has 2 aliphatic rings. The maximum absolute atomic E-state index is 12.9. The summed E-state index contributed by atoms with van der Waals surface area (Å²) >= 11 is 1.54. The molecule has 0 saturated heterocycles. The van der Waals surface area contributed by atoms with Crippen molar-refractivity contribution < 1.29 is 19.3 Å². The molecule has 190 valence electrons. The van der Waals surface area contributed by atoms with Gasteiger partial charge in [0.05, 0.1) is 31.5 Å². The third-order valence-corrected chi connectivity index (χ3v) is 7.58. The van der Waals surface area contributed by atoms with Gasteiger partial charge in [-0.05, 0) is 49.7 Å². The van der Waals surface area contributed by atoms with Gasteiger partial charge in [-0.1, -0.05) is 36.0 Å². The smallest absolute Gasteiger partial charge is 0.191 e. The zero-order chi connectivity index (χ0) is 24.9. The summed E-state index contributed by atoms with van der Waals surface area (Å²) in [6.45, 7) is 2.23. The van der Waals surface area contributed by atoms with E-state index in [1.54, 1.807) is 22.5 Å². The number of thioether (sulfide) groups is 1. The summed E-state index contributed by atoms with van der Waals surface area (Å²) < 4.78 is 20.1. The molecule has 4 atom stereocenters. The molecule has 1 aromatic carbocycles. The Hall–Kier alpha value is -1.91. The number of benzene rings is 1. The predicted octanol–water partition coefficient (Wildman–Crippen LogP) is 2.58. The molecule has 0 amide bonds. The molecular formula is C23H32FN6O3PS. The van der Waals surface area contributed by atoms with E-state index in [0.717, 1.165) is 17.7 Å². The molecule has 2 saturated carbocycles. The van der Waals surface area contributed by atoms with Gasteiger partial charge in [0.1, 0.15) is 5.82 Å². The molecule has 0 spiro atoms. The Morgan fingerprint density at radius 3 is 2.77 bits per heavy atom. The highest BCUT2D eigenvalue weighted by molar-refractivity contribution is 7.99. The number of halogens is 1. The van der Waals surface area contributed by atoms with Crippen LogP contribution in [0.25, 0.3) is 11.2 Å². The number of fused-ring (bicyclic) bond motifs is 1. The summed E-state index contributed by atoms with van der Waals surface area (Å²) in [4.78, 5) is 8.80. The Labute approximate surface area is 210 Å². The summed E-state index contributed by atoms with van der Waals surface area (Å²) in [5.41, 5.74) is 8.20. The minimum Gasteiger partial charge on any atom is -0.394 e. The molecule has 2 heterocycles. The van der Waals surface area contributed by atoms with Crippen LogP contribution in [0.2, 0.25) is 0 Å². The fraction of sp³-hybridized carbons (Fsp3) is 0.565. The van der Waals surface area contributed by atoms with Crippen LogP contribution < -0.4 is 11.0 Å². The van der Waals surface area contributed by atoms with Gasteiger partial charge in [-0.3, -0.25) is 0 Å². The second-order valence-electron chi connectivity index (χ2n) is 8.83. The first kappa shape index (κ1) is 26.2. The van der Waals surface area contributed by atoms with E-state index in [9.17, 15) is 9.50 Å². The van der Waals surface area contributed by atoms with Crippen LogP contribution in [0, 0.1) is 5.82 Å². The monoisotopic (exact) mass is 522 g/mol. The van der Waals surface area contributed by atoms with Gasteiger partial charge in [0, 0.05) is 11.1 Å². The molecule has 1 unspecified atom stereocenters. The molecule has 0 radical (unpaired) electrons. The molecule has 2 aromatic heterocycles. The highest BCUT2D eigenvalue weighted by Gasteiger charge is 2.36. The summed E-state index contributed by atoms with van der Waals surface area (Å²) in [5, 5.41) is 28.5. The molecular weight excluding hydrogens is 490 g/mol. The van der Waals surface area contributed by atoms with Gasteiger partial charge in [-0.25, -0.2) is 19.0 Å². The van der Waals surface area contributed by atoms with Crippen LogP contribution in [-0.2, 0) is 4.74 Å². The van der Waals surface area contributed by atoms with Gasteiger partial charge in [0.15, 0.2) is 22.1 Å². The van der Waals surface area contributed by atoms with Crippen molar-refractivity contribution in [2.45, 2.75) is 68.4 Å². The minimum atomic E-state index is -0.603. The van der Waals surface area contributed by atoms with Crippen molar-refractivity contribution in [1.29, 1.82) is 0 Å². The number of nitrogens with zero attached hydrogens (tertiary/aromatic N) is 5. The zero-order valence-electron chi connectivity index (χ0n) is 19.7. The third-order valence-electron chi connectivity index (χ3n) is 6.05. The zero-order valence-corrected chi connectivity index (χ0v) is 21.6. The summed E-state index contributed by atoms with van der Waals surface area (Å²) in [6, 6.07) is 5.42. The molecule has 0 bridgehead atoms. The van der Waals surface area contributed by atoms with Crippen molar-refractivity contribution in [3.63, 3.8) is 0 Å². The Bertz CT molecular complexity index is 1150. The number of nitrogens with two attached hydrogens (primary N) is 1. The average Bonchev–Trinajstić information content (AvgIpc) is 3.50. The lowest BCUT2D eigenvalue weighted by Gasteiger charge is -2.14. The number of hydrogen-bond donors (Lipinski definition) is 3. The fourth-order valence-corrected chi connectivity index (χ4v) is 4.96.